The predicted molar refractivity (Wildman–Crippen MR) is 98.9 cm³/mol. The van der Waals surface area contributed by atoms with Crippen molar-refractivity contribution in [3.8, 4) is 0 Å². The number of carbonyl (C=O) groups excluding carboxylic acids is 1. The first-order valence-electron chi connectivity index (χ1n) is 8.64. The molecular weight excluding hydrogens is 334 g/mol. The van der Waals surface area contributed by atoms with Gasteiger partial charge in [0, 0.05) is 30.4 Å². The molecule has 0 spiro atoms. The normalized spacial score (nSPS) is 15.7. The maximum absolute atomic E-state index is 12.8. The number of hydrogen-bond donors (Lipinski definition) is 1. The van der Waals surface area contributed by atoms with Gasteiger partial charge in [0.05, 0.1) is 11.1 Å². The maximum atomic E-state index is 12.8. The fourth-order valence-electron chi connectivity index (χ4n) is 3.54. The monoisotopic (exact) mass is 353 g/mol. The van der Waals surface area contributed by atoms with E-state index in [0.717, 1.165) is 42.6 Å². The summed E-state index contributed by atoms with van der Waals surface area (Å²) in [6.07, 6.45) is 7.55. The van der Waals surface area contributed by atoms with E-state index in [-0.39, 0.29) is 5.91 Å². The van der Waals surface area contributed by atoms with Crippen LogP contribution in [0.3, 0.4) is 0 Å². The van der Waals surface area contributed by atoms with Crippen LogP contribution in [0.1, 0.15) is 30.5 Å². The number of imidazole rings is 1. The Kier molecular flexibility index (Phi) is 4.22. The first kappa shape index (κ1) is 16.2. The number of fused-ring (bicyclic) bond motifs is 1. The van der Waals surface area contributed by atoms with Gasteiger partial charge in [-0.2, -0.15) is 0 Å². The number of pyridine rings is 1. The highest BCUT2D eigenvalue weighted by molar-refractivity contribution is 6.30. The molecule has 3 aromatic rings. The van der Waals surface area contributed by atoms with Crippen molar-refractivity contribution in [2.45, 2.75) is 31.1 Å². The van der Waals surface area contributed by atoms with Gasteiger partial charge in [0.25, 0.3) is 0 Å². The summed E-state index contributed by atoms with van der Waals surface area (Å²) < 4.78 is 2.00. The fourth-order valence-corrected chi connectivity index (χ4v) is 3.73. The highest BCUT2D eigenvalue weighted by atomic mass is 35.5. The minimum atomic E-state index is -0.413. The second-order valence-corrected chi connectivity index (χ2v) is 7.09. The van der Waals surface area contributed by atoms with E-state index in [2.05, 4.69) is 10.3 Å². The topological polar surface area (TPSA) is 46.4 Å². The Morgan fingerprint density at radius 1 is 1.24 bits per heavy atom. The van der Waals surface area contributed by atoms with Crippen LogP contribution in [0.25, 0.3) is 5.65 Å². The number of rotatable bonds is 5. The van der Waals surface area contributed by atoms with Crippen LogP contribution in [-0.4, -0.2) is 21.8 Å². The highest BCUT2D eigenvalue weighted by Crippen LogP contribution is 2.44. The first-order chi connectivity index (χ1) is 12.2. The molecule has 4 nitrogen and oxygen atoms in total. The van der Waals surface area contributed by atoms with E-state index in [1.807, 2.05) is 59.3 Å². The van der Waals surface area contributed by atoms with Crippen molar-refractivity contribution >= 4 is 23.2 Å². The van der Waals surface area contributed by atoms with E-state index < -0.39 is 5.41 Å². The molecule has 0 radical (unpaired) electrons. The number of carbonyl (C=O) groups is 1. The van der Waals surface area contributed by atoms with Gasteiger partial charge >= 0.3 is 0 Å². The minimum absolute atomic E-state index is 0.102. The molecule has 25 heavy (non-hydrogen) atoms. The number of halogens is 1. The molecule has 1 fully saturated rings. The van der Waals surface area contributed by atoms with Crippen molar-refractivity contribution < 1.29 is 4.79 Å². The van der Waals surface area contributed by atoms with Crippen LogP contribution in [0.5, 0.6) is 0 Å². The molecule has 0 saturated heterocycles. The van der Waals surface area contributed by atoms with Crippen LogP contribution in [0.15, 0.2) is 54.9 Å². The van der Waals surface area contributed by atoms with E-state index >= 15 is 0 Å². The molecule has 0 atom stereocenters. The Morgan fingerprint density at radius 2 is 2.12 bits per heavy atom. The van der Waals surface area contributed by atoms with Crippen molar-refractivity contribution in [2.75, 3.05) is 6.54 Å². The average molecular weight is 354 g/mol. The lowest BCUT2D eigenvalue weighted by Crippen LogP contribution is -2.49. The SMILES string of the molecule is O=C(NCCc1cn2ccccc2n1)C1(c2cccc(Cl)c2)CCC1. The van der Waals surface area contributed by atoms with Gasteiger partial charge in [0.2, 0.25) is 5.91 Å². The largest absolute Gasteiger partial charge is 0.355 e. The molecule has 4 rings (SSSR count). The molecule has 0 bridgehead atoms. The summed E-state index contributed by atoms with van der Waals surface area (Å²) in [5.74, 6) is 0.102. The zero-order chi connectivity index (χ0) is 17.3. The van der Waals surface area contributed by atoms with Gasteiger partial charge in [-0.3, -0.25) is 4.79 Å². The average Bonchev–Trinajstić information content (AvgIpc) is 2.96. The quantitative estimate of drug-likeness (QED) is 0.759. The predicted octanol–water partition coefficient (Wildman–Crippen LogP) is 3.77. The standard InChI is InChI=1S/C20H20ClN3O/c21-16-6-3-5-15(13-16)20(9-4-10-20)19(25)22-11-8-17-14-24-12-2-1-7-18(24)23-17/h1-3,5-7,12-14H,4,8-11H2,(H,22,25). The smallest absolute Gasteiger partial charge is 0.230 e. The molecule has 1 aliphatic rings. The van der Waals surface area contributed by atoms with E-state index in [1.54, 1.807) is 0 Å². The second kappa shape index (κ2) is 6.52. The number of hydrogen-bond acceptors (Lipinski definition) is 2. The third kappa shape index (κ3) is 3.02. The third-order valence-corrected chi connectivity index (χ3v) is 5.33. The Morgan fingerprint density at radius 3 is 2.84 bits per heavy atom. The Hall–Kier alpha value is -2.33. The van der Waals surface area contributed by atoms with Crippen LogP contribution in [0.4, 0.5) is 0 Å². The molecule has 0 unspecified atom stereocenters. The van der Waals surface area contributed by atoms with E-state index in [9.17, 15) is 4.79 Å². The summed E-state index contributed by atoms with van der Waals surface area (Å²) >= 11 is 6.12. The zero-order valence-electron chi connectivity index (χ0n) is 13.9. The van der Waals surface area contributed by atoms with Gasteiger partial charge in [-0.05, 0) is 42.7 Å². The van der Waals surface area contributed by atoms with Gasteiger partial charge in [-0.1, -0.05) is 36.2 Å². The van der Waals surface area contributed by atoms with Crippen LogP contribution < -0.4 is 5.32 Å². The molecule has 1 amide bonds. The van der Waals surface area contributed by atoms with E-state index in [1.165, 1.54) is 0 Å². The minimum Gasteiger partial charge on any atom is -0.355 e. The Labute approximate surface area is 151 Å². The second-order valence-electron chi connectivity index (χ2n) is 6.65. The summed E-state index contributed by atoms with van der Waals surface area (Å²) in [5, 5.41) is 3.79. The Bertz CT molecular complexity index is 881. The summed E-state index contributed by atoms with van der Waals surface area (Å²) in [7, 11) is 0. The van der Waals surface area contributed by atoms with E-state index in [4.69, 9.17) is 11.6 Å². The number of nitrogens with one attached hydrogen (secondary N) is 1. The van der Waals surface area contributed by atoms with Crippen LogP contribution in [-0.2, 0) is 16.6 Å². The lowest BCUT2D eigenvalue weighted by molar-refractivity contribution is -0.129. The maximum Gasteiger partial charge on any atom is 0.230 e. The van der Waals surface area contributed by atoms with Crippen molar-refractivity contribution in [3.05, 3.63) is 71.1 Å². The molecule has 1 N–H and O–H groups in total. The molecule has 1 aliphatic carbocycles. The van der Waals surface area contributed by atoms with Gasteiger partial charge in [-0.25, -0.2) is 4.98 Å². The van der Waals surface area contributed by atoms with Crippen molar-refractivity contribution in [1.82, 2.24) is 14.7 Å². The molecule has 5 heteroatoms. The van der Waals surface area contributed by atoms with Crippen molar-refractivity contribution in [2.24, 2.45) is 0 Å². The molecule has 1 saturated carbocycles. The van der Waals surface area contributed by atoms with E-state index in [0.29, 0.717) is 11.6 Å². The van der Waals surface area contributed by atoms with Crippen LogP contribution in [0.2, 0.25) is 5.02 Å². The van der Waals surface area contributed by atoms with Crippen LogP contribution >= 0.6 is 11.6 Å². The number of aromatic nitrogens is 2. The third-order valence-electron chi connectivity index (χ3n) is 5.10. The van der Waals surface area contributed by atoms with Gasteiger partial charge in [-0.15, -0.1) is 0 Å². The Balaban J connectivity index is 1.42. The van der Waals surface area contributed by atoms with Crippen molar-refractivity contribution in [1.29, 1.82) is 0 Å². The lowest BCUT2D eigenvalue weighted by atomic mass is 9.64. The summed E-state index contributed by atoms with van der Waals surface area (Å²) in [5.41, 5.74) is 2.52. The molecule has 0 aliphatic heterocycles. The van der Waals surface area contributed by atoms with Crippen molar-refractivity contribution in [3.63, 3.8) is 0 Å². The molecule has 128 valence electrons. The fraction of sp³-hybridized carbons (Fsp3) is 0.300. The van der Waals surface area contributed by atoms with Gasteiger partial charge in [0.15, 0.2) is 0 Å². The van der Waals surface area contributed by atoms with Gasteiger partial charge in [0.1, 0.15) is 5.65 Å². The summed E-state index contributed by atoms with van der Waals surface area (Å²) in [4.78, 5) is 17.4. The highest BCUT2D eigenvalue weighted by Gasteiger charge is 2.45. The summed E-state index contributed by atoms with van der Waals surface area (Å²) in [6, 6.07) is 13.6. The number of benzene rings is 1. The zero-order valence-corrected chi connectivity index (χ0v) is 14.7. The molecule has 1 aromatic carbocycles. The summed E-state index contributed by atoms with van der Waals surface area (Å²) in [6.45, 7) is 0.588. The molecular formula is C20H20ClN3O. The molecule has 2 heterocycles. The number of amides is 1. The molecule has 2 aromatic heterocycles. The lowest BCUT2D eigenvalue weighted by Gasteiger charge is -2.40. The first-order valence-corrected chi connectivity index (χ1v) is 9.02. The van der Waals surface area contributed by atoms with Gasteiger partial charge < -0.3 is 9.72 Å². The van der Waals surface area contributed by atoms with Crippen LogP contribution in [0, 0.1) is 0 Å². The number of nitrogens with zero attached hydrogens (tertiary/aromatic N) is 2.